The standard InChI is InChI=1S/C24H32N2O4/c1-3-5-7-10-18-29-20-15-13-19(14-16-20)23(27)25-26-24(28)21-11-8-9-12-22(21)30-17-6-4-2/h8-9,11-16H,3-7,10,17-18H2,1-2H3,(H,25,27)(H,26,28). The van der Waals surface area contributed by atoms with Gasteiger partial charge in [0, 0.05) is 5.56 Å². The molecule has 0 aliphatic rings. The highest BCUT2D eigenvalue weighted by Crippen LogP contribution is 2.18. The lowest BCUT2D eigenvalue weighted by atomic mass is 10.2. The van der Waals surface area contributed by atoms with E-state index < -0.39 is 11.8 Å². The van der Waals surface area contributed by atoms with E-state index in [2.05, 4.69) is 24.7 Å². The van der Waals surface area contributed by atoms with Gasteiger partial charge in [0.1, 0.15) is 11.5 Å². The summed E-state index contributed by atoms with van der Waals surface area (Å²) < 4.78 is 11.4. The van der Waals surface area contributed by atoms with Gasteiger partial charge in [0.15, 0.2) is 0 Å². The number of hydrogen-bond acceptors (Lipinski definition) is 4. The topological polar surface area (TPSA) is 76.7 Å². The molecule has 2 aromatic rings. The number of benzene rings is 2. The zero-order valence-electron chi connectivity index (χ0n) is 17.9. The molecule has 0 bridgehead atoms. The zero-order chi connectivity index (χ0) is 21.6. The van der Waals surface area contributed by atoms with E-state index in [1.54, 1.807) is 42.5 Å². The summed E-state index contributed by atoms with van der Waals surface area (Å²) in [5, 5.41) is 0. The molecule has 2 amide bonds. The van der Waals surface area contributed by atoms with Gasteiger partial charge in [-0.25, -0.2) is 0 Å². The quantitative estimate of drug-likeness (QED) is 0.384. The van der Waals surface area contributed by atoms with E-state index in [9.17, 15) is 9.59 Å². The molecule has 6 nitrogen and oxygen atoms in total. The first-order valence-electron chi connectivity index (χ1n) is 10.7. The number of nitrogens with one attached hydrogen (secondary N) is 2. The SMILES string of the molecule is CCCCCCOc1ccc(C(=O)NNC(=O)c2ccccc2OCCCC)cc1. The molecule has 0 heterocycles. The van der Waals surface area contributed by atoms with Crippen LogP contribution in [0.5, 0.6) is 11.5 Å². The number of hydrazine groups is 1. The van der Waals surface area contributed by atoms with E-state index in [1.165, 1.54) is 12.8 Å². The first-order valence-corrected chi connectivity index (χ1v) is 10.7. The van der Waals surface area contributed by atoms with Crippen molar-refractivity contribution in [2.45, 2.75) is 52.4 Å². The number of amides is 2. The lowest BCUT2D eigenvalue weighted by Gasteiger charge is -2.12. The van der Waals surface area contributed by atoms with Crippen molar-refractivity contribution < 1.29 is 19.1 Å². The van der Waals surface area contributed by atoms with Crippen molar-refractivity contribution in [2.24, 2.45) is 0 Å². The molecule has 0 aliphatic heterocycles. The van der Waals surface area contributed by atoms with Gasteiger partial charge in [-0.2, -0.15) is 0 Å². The Balaban J connectivity index is 1.83. The fourth-order valence-corrected chi connectivity index (χ4v) is 2.78. The maximum absolute atomic E-state index is 12.5. The molecule has 0 unspecified atom stereocenters. The molecular weight excluding hydrogens is 380 g/mol. The molecule has 30 heavy (non-hydrogen) atoms. The molecular formula is C24H32N2O4. The second kappa shape index (κ2) is 13.2. The van der Waals surface area contributed by atoms with E-state index in [4.69, 9.17) is 9.47 Å². The van der Waals surface area contributed by atoms with E-state index in [0.717, 1.165) is 31.4 Å². The second-order valence-electron chi connectivity index (χ2n) is 7.04. The van der Waals surface area contributed by atoms with Gasteiger partial charge in [-0.3, -0.25) is 20.4 Å². The number of unbranched alkanes of at least 4 members (excludes halogenated alkanes) is 4. The number of rotatable bonds is 12. The third-order valence-corrected chi connectivity index (χ3v) is 4.56. The third-order valence-electron chi connectivity index (χ3n) is 4.56. The van der Waals surface area contributed by atoms with Gasteiger partial charge < -0.3 is 9.47 Å². The predicted molar refractivity (Wildman–Crippen MR) is 118 cm³/mol. The van der Waals surface area contributed by atoms with Gasteiger partial charge in [0.2, 0.25) is 0 Å². The summed E-state index contributed by atoms with van der Waals surface area (Å²) in [5.74, 6) is 0.396. The van der Waals surface area contributed by atoms with Crippen LogP contribution in [0.2, 0.25) is 0 Å². The number of hydrogen-bond donors (Lipinski definition) is 2. The molecule has 0 saturated carbocycles. The first-order chi connectivity index (χ1) is 14.7. The Morgan fingerprint density at radius 3 is 2.13 bits per heavy atom. The summed E-state index contributed by atoms with van der Waals surface area (Å²) in [6.07, 6.45) is 6.49. The van der Waals surface area contributed by atoms with Gasteiger partial charge in [-0.1, -0.05) is 51.7 Å². The van der Waals surface area contributed by atoms with Crippen LogP contribution in [0.4, 0.5) is 0 Å². The Bertz CT molecular complexity index is 790. The normalized spacial score (nSPS) is 10.3. The summed E-state index contributed by atoms with van der Waals surface area (Å²) in [4.78, 5) is 24.8. The van der Waals surface area contributed by atoms with Crippen molar-refractivity contribution in [1.29, 1.82) is 0 Å². The number of carbonyl (C=O) groups excluding carboxylic acids is 2. The van der Waals surface area contributed by atoms with Crippen LogP contribution >= 0.6 is 0 Å². The average molecular weight is 413 g/mol. The van der Waals surface area contributed by atoms with Crippen LogP contribution in [0.1, 0.15) is 73.1 Å². The van der Waals surface area contributed by atoms with Crippen LogP contribution in [0.15, 0.2) is 48.5 Å². The molecule has 2 aromatic carbocycles. The van der Waals surface area contributed by atoms with Crippen molar-refractivity contribution in [2.75, 3.05) is 13.2 Å². The van der Waals surface area contributed by atoms with Crippen LogP contribution in [0.3, 0.4) is 0 Å². The monoisotopic (exact) mass is 412 g/mol. The molecule has 6 heteroatoms. The molecule has 0 aliphatic carbocycles. The van der Waals surface area contributed by atoms with Crippen molar-refractivity contribution in [3.63, 3.8) is 0 Å². The van der Waals surface area contributed by atoms with Crippen LogP contribution in [0.25, 0.3) is 0 Å². The van der Waals surface area contributed by atoms with Crippen molar-refractivity contribution in [3.05, 3.63) is 59.7 Å². The average Bonchev–Trinajstić information content (AvgIpc) is 2.78. The molecule has 0 aromatic heterocycles. The fourth-order valence-electron chi connectivity index (χ4n) is 2.78. The minimum atomic E-state index is -0.428. The molecule has 0 radical (unpaired) electrons. The number of ether oxygens (including phenoxy) is 2. The number of para-hydroxylation sites is 1. The molecule has 2 rings (SSSR count). The second-order valence-corrected chi connectivity index (χ2v) is 7.04. The molecule has 0 spiro atoms. The molecule has 162 valence electrons. The maximum Gasteiger partial charge on any atom is 0.273 e. The van der Waals surface area contributed by atoms with Gasteiger partial charge in [0.25, 0.3) is 11.8 Å². The van der Waals surface area contributed by atoms with Crippen molar-refractivity contribution >= 4 is 11.8 Å². The van der Waals surface area contributed by atoms with Gasteiger partial charge >= 0.3 is 0 Å². The lowest BCUT2D eigenvalue weighted by molar-refractivity contribution is 0.0844. The van der Waals surface area contributed by atoms with Crippen LogP contribution in [-0.4, -0.2) is 25.0 Å². The van der Waals surface area contributed by atoms with E-state index in [-0.39, 0.29) is 0 Å². The van der Waals surface area contributed by atoms with Crippen LogP contribution in [-0.2, 0) is 0 Å². The molecule has 0 saturated heterocycles. The van der Waals surface area contributed by atoms with Gasteiger partial charge in [0.05, 0.1) is 18.8 Å². The highest BCUT2D eigenvalue weighted by Gasteiger charge is 2.13. The Morgan fingerprint density at radius 2 is 1.40 bits per heavy atom. The Kier molecular flexibility index (Phi) is 10.3. The highest BCUT2D eigenvalue weighted by molar-refractivity contribution is 6.00. The van der Waals surface area contributed by atoms with E-state index in [0.29, 0.717) is 30.1 Å². The zero-order valence-corrected chi connectivity index (χ0v) is 17.9. The summed E-state index contributed by atoms with van der Waals surface area (Å²) >= 11 is 0. The Morgan fingerprint density at radius 1 is 0.733 bits per heavy atom. The smallest absolute Gasteiger partial charge is 0.273 e. The third kappa shape index (κ3) is 7.78. The summed E-state index contributed by atoms with van der Waals surface area (Å²) in [6, 6.07) is 13.8. The maximum atomic E-state index is 12.5. The fraction of sp³-hybridized carbons (Fsp3) is 0.417. The largest absolute Gasteiger partial charge is 0.494 e. The lowest BCUT2D eigenvalue weighted by Crippen LogP contribution is -2.41. The minimum Gasteiger partial charge on any atom is -0.494 e. The van der Waals surface area contributed by atoms with Crippen molar-refractivity contribution in [3.8, 4) is 11.5 Å². The van der Waals surface area contributed by atoms with Gasteiger partial charge in [-0.15, -0.1) is 0 Å². The summed E-state index contributed by atoms with van der Waals surface area (Å²) in [7, 11) is 0. The predicted octanol–water partition coefficient (Wildman–Crippen LogP) is 4.90. The van der Waals surface area contributed by atoms with Gasteiger partial charge in [-0.05, 0) is 49.2 Å². The first kappa shape index (κ1) is 23.3. The molecule has 0 atom stereocenters. The molecule has 2 N–H and O–H groups in total. The highest BCUT2D eigenvalue weighted by atomic mass is 16.5. The van der Waals surface area contributed by atoms with Crippen LogP contribution in [0, 0.1) is 0 Å². The van der Waals surface area contributed by atoms with E-state index >= 15 is 0 Å². The Hall–Kier alpha value is -3.02. The molecule has 0 fully saturated rings. The van der Waals surface area contributed by atoms with E-state index in [1.807, 2.05) is 6.07 Å². The van der Waals surface area contributed by atoms with Crippen LogP contribution < -0.4 is 20.3 Å². The number of carbonyl (C=O) groups is 2. The summed E-state index contributed by atoms with van der Waals surface area (Å²) in [5.41, 5.74) is 5.70. The summed E-state index contributed by atoms with van der Waals surface area (Å²) in [6.45, 7) is 5.46. The van der Waals surface area contributed by atoms with Crippen molar-refractivity contribution in [1.82, 2.24) is 10.9 Å². The minimum absolute atomic E-state index is 0.376. The Labute approximate surface area is 178 Å².